The predicted octanol–water partition coefficient (Wildman–Crippen LogP) is 0.468. The lowest BCUT2D eigenvalue weighted by Crippen LogP contribution is -2.12. The Bertz CT molecular complexity index is 351. The standard InChI is InChI=1S/C8H9N3O/c9-7(12)8-10-5-3-1-2-4-6(5)11-8/h1,3H,2,4H2,(H2,9,12)(H,10,11). The van der Waals surface area contributed by atoms with Crippen LogP contribution in [0.25, 0.3) is 6.08 Å². The van der Waals surface area contributed by atoms with E-state index in [9.17, 15) is 4.79 Å². The van der Waals surface area contributed by atoms with Crippen molar-refractivity contribution in [1.29, 1.82) is 0 Å². The monoisotopic (exact) mass is 163 g/mol. The Balaban J connectivity index is 2.46. The molecule has 4 nitrogen and oxygen atoms in total. The van der Waals surface area contributed by atoms with Crippen molar-refractivity contribution in [3.63, 3.8) is 0 Å². The molecule has 62 valence electrons. The quantitative estimate of drug-likeness (QED) is 0.631. The molecule has 1 aromatic rings. The molecule has 0 fully saturated rings. The fourth-order valence-corrected chi connectivity index (χ4v) is 1.29. The Morgan fingerprint density at radius 3 is 3.17 bits per heavy atom. The van der Waals surface area contributed by atoms with Crippen LogP contribution < -0.4 is 5.73 Å². The zero-order valence-corrected chi connectivity index (χ0v) is 6.50. The third kappa shape index (κ3) is 1.01. The molecule has 2 rings (SSSR count). The average molecular weight is 163 g/mol. The first-order valence-electron chi connectivity index (χ1n) is 3.82. The van der Waals surface area contributed by atoms with Crippen LogP contribution >= 0.6 is 0 Å². The van der Waals surface area contributed by atoms with Crippen molar-refractivity contribution >= 4 is 12.0 Å². The molecule has 1 aliphatic carbocycles. The number of allylic oxidation sites excluding steroid dienone is 1. The molecular formula is C8H9N3O. The van der Waals surface area contributed by atoms with Gasteiger partial charge in [-0.1, -0.05) is 6.08 Å². The summed E-state index contributed by atoms with van der Waals surface area (Å²) in [7, 11) is 0. The molecule has 1 aromatic heterocycles. The Morgan fingerprint density at radius 1 is 1.67 bits per heavy atom. The van der Waals surface area contributed by atoms with Gasteiger partial charge in [-0.25, -0.2) is 4.98 Å². The second-order valence-corrected chi connectivity index (χ2v) is 2.75. The van der Waals surface area contributed by atoms with Gasteiger partial charge in [0.25, 0.3) is 5.91 Å². The molecule has 1 heterocycles. The third-order valence-electron chi connectivity index (χ3n) is 1.88. The molecule has 0 unspecified atom stereocenters. The number of aromatic nitrogens is 2. The van der Waals surface area contributed by atoms with Crippen molar-refractivity contribution in [1.82, 2.24) is 9.97 Å². The lowest BCUT2D eigenvalue weighted by molar-refractivity contribution is 0.0991. The number of imidazole rings is 1. The molecule has 3 N–H and O–H groups in total. The zero-order chi connectivity index (χ0) is 8.55. The first-order valence-corrected chi connectivity index (χ1v) is 3.82. The van der Waals surface area contributed by atoms with Gasteiger partial charge in [-0.05, 0) is 18.9 Å². The molecule has 1 amide bonds. The molecule has 1 aliphatic rings. The van der Waals surface area contributed by atoms with Gasteiger partial charge >= 0.3 is 0 Å². The number of nitrogens with zero attached hydrogens (tertiary/aromatic N) is 1. The number of primary amides is 1. The van der Waals surface area contributed by atoms with Gasteiger partial charge in [0.15, 0.2) is 5.82 Å². The molecule has 0 aromatic carbocycles. The van der Waals surface area contributed by atoms with Crippen molar-refractivity contribution in [3.05, 3.63) is 23.3 Å². The van der Waals surface area contributed by atoms with Crippen molar-refractivity contribution in [2.45, 2.75) is 12.8 Å². The van der Waals surface area contributed by atoms with E-state index in [-0.39, 0.29) is 5.82 Å². The molecule has 0 saturated carbocycles. The predicted molar refractivity (Wildman–Crippen MR) is 44.5 cm³/mol. The molecule has 0 radical (unpaired) electrons. The number of fused-ring (bicyclic) bond motifs is 1. The molecule has 0 bridgehead atoms. The van der Waals surface area contributed by atoms with Gasteiger partial charge in [0, 0.05) is 5.69 Å². The van der Waals surface area contributed by atoms with Crippen LogP contribution in [0.3, 0.4) is 0 Å². The van der Waals surface area contributed by atoms with E-state index in [0.717, 1.165) is 24.2 Å². The van der Waals surface area contributed by atoms with E-state index < -0.39 is 5.91 Å². The number of amides is 1. The summed E-state index contributed by atoms with van der Waals surface area (Å²) >= 11 is 0. The van der Waals surface area contributed by atoms with Crippen LogP contribution in [0.4, 0.5) is 0 Å². The van der Waals surface area contributed by atoms with Crippen molar-refractivity contribution < 1.29 is 4.79 Å². The molecule has 0 spiro atoms. The highest BCUT2D eigenvalue weighted by atomic mass is 16.1. The van der Waals surface area contributed by atoms with Crippen molar-refractivity contribution in [3.8, 4) is 0 Å². The number of aromatic amines is 1. The first-order chi connectivity index (χ1) is 5.77. The van der Waals surface area contributed by atoms with E-state index in [4.69, 9.17) is 5.73 Å². The van der Waals surface area contributed by atoms with E-state index in [1.165, 1.54) is 0 Å². The summed E-state index contributed by atoms with van der Waals surface area (Å²) in [6, 6.07) is 0. The summed E-state index contributed by atoms with van der Waals surface area (Å²) < 4.78 is 0. The van der Waals surface area contributed by atoms with E-state index in [0.29, 0.717) is 0 Å². The van der Waals surface area contributed by atoms with Gasteiger partial charge in [-0.3, -0.25) is 4.79 Å². The topological polar surface area (TPSA) is 71.8 Å². The Hall–Kier alpha value is -1.58. The number of H-pyrrole nitrogens is 1. The summed E-state index contributed by atoms with van der Waals surface area (Å²) in [5.74, 6) is -0.246. The number of nitrogens with one attached hydrogen (secondary N) is 1. The van der Waals surface area contributed by atoms with Crippen LogP contribution in [0.1, 0.15) is 28.4 Å². The molecule has 0 atom stereocenters. The number of aryl methyl sites for hydroxylation is 1. The lowest BCUT2D eigenvalue weighted by atomic mass is 10.1. The van der Waals surface area contributed by atoms with Crippen LogP contribution in [0.2, 0.25) is 0 Å². The van der Waals surface area contributed by atoms with Crippen LogP contribution in [-0.4, -0.2) is 15.9 Å². The molecule has 4 heteroatoms. The minimum absolute atomic E-state index is 0.256. The highest BCUT2D eigenvalue weighted by molar-refractivity contribution is 5.89. The summed E-state index contributed by atoms with van der Waals surface area (Å²) in [5, 5.41) is 0. The normalized spacial score (nSPS) is 14.3. The number of hydrogen-bond acceptors (Lipinski definition) is 2. The van der Waals surface area contributed by atoms with Gasteiger partial charge in [-0.15, -0.1) is 0 Å². The maximum Gasteiger partial charge on any atom is 0.284 e. The zero-order valence-electron chi connectivity index (χ0n) is 6.50. The van der Waals surface area contributed by atoms with Gasteiger partial charge in [0.2, 0.25) is 0 Å². The number of carbonyl (C=O) groups excluding carboxylic acids is 1. The van der Waals surface area contributed by atoms with Crippen LogP contribution in [0.15, 0.2) is 6.08 Å². The fourth-order valence-electron chi connectivity index (χ4n) is 1.29. The largest absolute Gasteiger partial charge is 0.363 e. The van der Waals surface area contributed by atoms with Crippen molar-refractivity contribution in [2.75, 3.05) is 0 Å². The van der Waals surface area contributed by atoms with E-state index in [1.807, 2.05) is 12.2 Å². The molecule has 12 heavy (non-hydrogen) atoms. The van der Waals surface area contributed by atoms with E-state index >= 15 is 0 Å². The SMILES string of the molecule is NC(=O)c1nc2c([nH]1)CCC=C2. The number of rotatable bonds is 1. The smallest absolute Gasteiger partial charge is 0.284 e. The number of carbonyl (C=O) groups is 1. The highest BCUT2D eigenvalue weighted by Gasteiger charge is 2.12. The second-order valence-electron chi connectivity index (χ2n) is 2.75. The third-order valence-corrected chi connectivity index (χ3v) is 1.88. The first kappa shape index (κ1) is 7.09. The van der Waals surface area contributed by atoms with E-state index in [1.54, 1.807) is 0 Å². The Kier molecular flexibility index (Phi) is 1.46. The van der Waals surface area contributed by atoms with Gasteiger partial charge in [-0.2, -0.15) is 0 Å². The summed E-state index contributed by atoms with van der Waals surface area (Å²) in [5.41, 5.74) is 6.92. The summed E-state index contributed by atoms with van der Waals surface area (Å²) in [6.45, 7) is 0. The summed E-state index contributed by atoms with van der Waals surface area (Å²) in [4.78, 5) is 17.7. The van der Waals surface area contributed by atoms with Crippen LogP contribution in [0.5, 0.6) is 0 Å². The van der Waals surface area contributed by atoms with Crippen LogP contribution in [-0.2, 0) is 6.42 Å². The highest BCUT2D eigenvalue weighted by Crippen LogP contribution is 2.15. The van der Waals surface area contributed by atoms with E-state index in [2.05, 4.69) is 9.97 Å². The second kappa shape index (κ2) is 2.48. The molecular weight excluding hydrogens is 154 g/mol. The Labute approximate surface area is 69.5 Å². The molecule has 0 aliphatic heterocycles. The minimum atomic E-state index is -0.502. The maximum absolute atomic E-state index is 10.7. The van der Waals surface area contributed by atoms with Crippen molar-refractivity contribution in [2.24, 2.45) is 5.73 Å². The minimum Gasteiger partial charge on any atom is -0.363 e. The lowest BCUT2D eigenvalue weighted by Gasteiger charge is -2.00. The van der Waals surface area contributed by atoms with Crippen LogP contribution in [0, 0.1) is 0 Å². The van der Waals surface area contributed by atoms with Gasteiger partial charge in [0.1, 0.15) is 0 Å². The number of hydrogen-bond donors (Lipinski definition) is 2. The summed E-state index contributed by atoms with van der Waals surface area (Å²) in [6.07, 6.45) is 5.84. The number of nitrogens with two attached hydrogens (primary N) is 1. The Morgan fingerprint density at radius 2 is 2.50 bits per heavy atom. The van der Waals surface area contributed by atoms with Gasteiger partial charge < -0.3 is 10.7 Å². The average Bonchev–Trinajstić information content (AvgIpc) is 2.46. The van der Waals surface area contributed by atoms with Gasteiger partial charge in [0.05, 0.1) is 5.69 Å². The maximum atomic E-state index is 10.7. The fraction of sp³-hybridized carbons (Fsp3) is 0.250. The molecule has 0 saturated heterocycles.